The smallest absolute Gasteiger partial charge is 0.224 e. The Hall–Kier alpha value is -3.49. The predicted molar refractivity (Wildman–Crippen MR) is 201 cm³/mol. The summed E-state index contributed by atoms with van der Waals surface area (Å²) in [4.78, 5) is 60.6. The predicted octanol–water partition coefficient (Wildman–Crippen LogP) is 7.74. The Bertz CT molecular complexity index is 1310. The van der Waals surface area contributed by atoms with E-state index in [0.717, 1.165) is 35.7 Å². The summed E-state index contributed by atoms with van der Waals surface area (Å²) in [6, 6.07) is 7.11. The maximum Gasteiger partial charge on any atom is 0.224 e. The number of ketones is 3. The van der Waals surface area contributed by atoms with Crippen LogP contribution in [0.15, 0.2) is 35.5 Å². The van der Waals surface area contributed by atoms with Crippen LogP contribution >= 0.6 is 0 Å². The van der Waals surface area contributed by atoms with Gasteiger partial charge in [0.2, 0.25) is 5.91 Å². The fourth-order valence-corrected chi connectivity index (χ4v) is 6.64. The van der Waals surface area contributed by atoms with Gasteiger partial charge in [0.05, 0.1) is 6.04 Å². The van der Waals surface area contributed by atoms with Gasteiger partial charge >= 0.3 is 0 Å². The quantitative estimate of drug-likeness (QED) is 0.0409. The number of Topliss-reactive ketones (excluding diaryl/α,β-unsaturated/α-hetero) is 3. The SMILES string of the molecule is CCCCCCCCCCCCCC(=O)C[C@H](Cc1c[nH]c2ccccc12)C(=O)N[C@@H](CCCN=C(N)N)C(=O)C[C@@H](CC(C)C)C(C)=O. The van der Waals surface area contributed by atoms with Crippen molar-refractivity contribution in [2.24, 2.45) is 34.2 Å². The number of carbonyl (C=O) groups excluding carboxylic acids is 4. The topological polar surface area (TPSA) is 160 Å². The molecule has 0 aliphatic heterocycles. The van der Waals surface area contributed by atoms with Gasteiger partial charge in [-0.2, -0.15) is 0 Å². The van der Waals surface area contributed by atoms with Crippen molar-refractivity contribution in [2.75, 3.05) is 6.54 Å². The summed E-state index contributed by atoms with van der Waals surface area (Å²) >= 11 is 0. The van der Waals surface area contributed by atoms with Crippen LogP contribution in [-0.2, 0) is 25.6 Å². The Morgan fingerprint density at radius 3 is 2.08 bits per heavy atom. The Labute approximate surface area is 295 Å². The van der Waals surface area contributed by atoms with E-state index < -0.39 is 17.9 Å². The molecule has 0 unspecified atom stereocenters. The lowest BCUT2D eigenvalue weighted by Gasteiger charge is -2.24. The molecule has 3 atom stereocenters. The molecule has 0 saturated carbocycles. The maximum absolute atomic E-state index is 14.0. The largest absolute Gasteiger partial charge is 0.370 e. The number of amides is 1. The van der Waals surface area contributed by atoms with Crippen LogP contribution in [0.2, 0.25) is 0 Å². The fraction of sp³-hybridized carbons (Fsp3) is 0.675. The van der Waals surface area contributed by atoms with E-state index in [0.29, 0.717) is 38.6 Å². The molecule has 0 aliphatic carbocycles. The first kappa shape index (κ1) is 41.7. The third-order valence-corrected chi connectivity index (χ3v) is 9.47. The Morgan fingerprint density at radius 1 is 0.837 bits per heavy atom. The number of rotatable bonds is 28. The molecule has 0 radical (unpaired) electrons. The van der Waals surface area contributed by atoms with E-state index in [1.54, 1.807) is 0 Å². The fourth-order valence-electron chi connectivity index (χ4n) is 6.64. The number of nitrogens with one attached hydrogen (secondary N) is 2. The average Bonchev–Trinajstić information content (AvgIpc) is 3.46. The van der Waals surface area contributed by atoms with Gasteiger partial charge < -0.3 is 21.8 Å². The van der Waals surface area contributed by atoms with Crippen molar-refractivity contribution in [3.63, 3.8) is 0 Å². The molecule has 9 heteroatoms. The Kier molecular flexibility index (Phi) is 20.2. The molecule has 0 fully saturated rings. The number of fused-ring (bicyclic) bond motifs is 1. The van der Waals surface area contributed by atoms with E-state index in [-0.39, 0.29) is 48.0 Å². The molecule has 0 spiro atoms. The number of carbonyl (C=O) groups is 4. The second-order valence-electron chi connectivity index (χ2n) is 14.4. The molecule has 1 heterocycles. The molecule has 0 saturated heterocycles. The second-order valence-corrected chi connectivity index (χ2v) is 14.4. The summed E-state index contributed by atoms with van der Waals surface area (Å²) in [6.07, 6.45) is 17.6. The minimum Gasteiger partial charge on any atom is -0.370 e. The third kappa shape index (κ3) is 17.1. The normalized spacial score (nSPS) is 13.2. The highest BCUT2D eigenvalue weighted by Crippen LogP contribution is 2.24. The standard InChI is InChI=1S/C40H65N5O4/c1-5-6-7-8-9-10-11-12-13-14-15-19-34(47)26-32(25-33-28-44-36-21-17-16-20-35(33)36)39(49)45-37(22-18-23-43-40(41)42)38(48)27-31(30(4)46)24-29(2)3/h16-17,20-21,28-29,31-32,37,44H,5-15,18-19,22-27H2,1-4H3,(H,45,49)(H4,41,42,43)/t31-,32+,37+/m1/s1. The summed E-state index contributed by atoms with van der Waals surface area (Å²) in [5.74, 6) is -1.28. The number of hydrogen-bond donors (Lipinski definition) is 4. The van der Waals surface area contributed by atoms with E-state index in [4.69, 9.17) is 11.5 Å². The first-order chi connectivity index (χ1) is 23.5. The molecule has 1 aromatic heterocycles. The number of H-pyrrole nitrogens is 1. The summed E-state index contributed by atoms with van der Waals surface area (Å²) in [7, 11) is 0. The first-order valence-corrected chi connectivity index (χ1v) is 19.0. The average molecular weight is 680 g/mol. The number of hydrogen-bond acceptors (Lipinski definition) is 5. The number of benzene rings is 1. The number of aliphatic imine (C=N–C) groups is 1. The lowest BCUT2D eigenvalue weighted by atomic mass is 9.86. The van der Waals surface area contributed by atoms with Gasteiger partial charge in [-0.15, -0.1) is 0 Å². The summed E-state index contributed by atoms with van der Waals surface area (Å²) in [5, 5.41) is 4.02. The summed E-state index contributed by atoms with van der Waals surface area (Å²) in [5.41, 5.74) is 12.9. The molecule has 274 valence electrons. The van der Waals surface area contributed by atoms with Gasteiger partial charge in [0, 0.05) is 54.7 Å². The van der Waals surface area contributed by atoms with Crippen LogP contribution in [0.1, 0.15) is 142 Å². The molecular formula is C40H65N5O4. The zero-order chi connectivity index (χ0) is 36.0. The number of nitrogens with two attached hydrogens (primary N) is 2. The third-order valence-electron chi connectivity index (χ3n) is 9.47. The monoisotopic (exact) mass is 680 g/mol. The van der Waals surface area contributed by atoms with Crippen molar-refractivity contribution in [1.29, 1.82) is 0 Å². The maximum atomic E-state index is 14.0. The Morgan fingerprint density at radius 2 is 1.47 bits per heavy atom. The molecule has 9 nitrogen and oxygen atoms in total. The highest BCUT2D eigenvalue weighted by molar-refractivity contribution is 5.94. The van der Waals surface area contributed by atoms with Crippen molar-refractivity contribution in [3.05, 3.63) is 36.0 Å². The van der Waals surface area contributed by atoms with Crippen LogP contribution in [0.25, 0.3) is 10.9 Å². The van der Waals surface area contributed by atoms with Crippen LogP contribution in [-0.4, -0.2) is 46.8 Å². The molecule has 1 amide bonds. The van der Waals surface area contributed by atoms with Gasteiger partial charge in [-0.3, -0.25) is 24.2 Å². The summed E-state index contributed by atoms with van der Waals surface area (Å²) in [6.45, 7) is 8.13. The lowest BCUT2D eigenvalue weighted by molar-refractivity contribution is -0.133. The van der Waals surface area contributed by atoms with E-state index in [9.17, 15) is 19.2 Å². The molecule has 2 aromatic rings. The Balaban J connectivity index is 2.09. The zero-order valence-corrected chi connectivity index (χ0v) is 30.9. The van der Waals surface area contributed by atoms with Crippen molar-refractivity contribution < 1.29 is 19.2 Å². The number of aromatic amines is 1. The van der Waals surface area contributed by atoms with Gasteiger partial charge in [-0.25, -0.2) is 0 Å². The van der Waals surface area contributed by atoms with Crippen molar-refractivity contribution in [3.8, 4) is 0 Å². The molecule has 49 heavy (non-hydrogen) atoms. The number of nitrogens with zero attached hydrogens (tertiary/aromatic N) is 1. The molecule has 0 aliphatic rings. The van der Waals surface area contributed by atoms with Gasteiger partial charge in [-0.05, 0) is 56.6 Å². The number of aromatic nitrogens is 1. The zero-order valence-electron chi connectivity index (χ0n) is 30.9. The van der Waals surface area contributed by atoms with E-state index in [1.165, 1.54) is 58.3 Å². The molecular weight excluding hydrogens is 614 g/mol. The van der Waals surface area contributed by atoms with Gasteiger partial charge in [0.15, 0.2) is 11.7 Å². The second kappa shape index (κ2) is 23.8. The van der Waals surface area contributed by atoms with Crippen LogP contribution in [0.3, 0.4) is 0 Å². The van der Waals surface area contributed by atoms with Gasteiger partial charge in [0.25, 0.3) is 0 Å². The van der Waals surface area contributed by atoms with E-state index in [1.807, 2.05) is 44.3 Å². The summed E-state index contributed by atoms with van der Waals surface area (Å²) < 4.78 is 0. The molecule has 1 aromatic carbocycles. The molecule has 2 rings (SSSR count). The van der Waals surface area contributed by atoms with Crippen LogP contribution in [0.4, 0.5) is 0 Å². The van der Waals surface area contributed by atoms with Crippen molar-refractivity contribution in [2.45, 2.75) is 149 Å². The highest BCUT2D eigenvalue weighted by Gasteiger charge is 2.30. The van der Waals surface area contributed by atoms with E-state index >= 15 is 0 Å². The van der Waals surface area contributed by atoms with Crippen LogP contribution in [0, 0.1) is 17.8 Å². The lowest BCUT2D eigenvalue weighted by Crippen LogP contribution is -2.45. The van der Waals surface area contributed by atoms with Gasteiger partial charge in [0.1, 0.15) is 11.6 Å². The van der Waals surface area contributed by atoms with Gasteiger partial charge in [-0.1, -0.05) is 103 Å². The van der Waals surface area contributed by atoms with Crippen LogP contribution < -0.4 is 16.8 Å². The van der Waals surface area contributed by atoms with Crippen molar-refractivity contribution in [1.82, 2.24) is 10.3 Å². The molecule has 0 bridgehead atoms. The highest BCUT2D eigenvalue weighted by atomic mass is 16.2. The van der Waals surface area contributed by atoms with Crippen molar-refractivity contribution >= 4 is 40.1 Å². The first-order valence-electron chi connectivity index (χ1n) is 19.0. The minimum absolute atomic E-state index is 0.0298. The number of unbranched alkanes of at least 4 members (excludes halogenated alkanes) is 10. The van der Waals surface area contributed by atoms with E-state index in [2.05, 4.69) is 22.2 Å². The number of para-hydroxylation sites is 1. The number of guanidine groups is 1. The minimum atomic E-state index is -0.803. The van der Waals surface area contributed by atoms with Crippen LogP contribution in [0.5, 0.6) is 0 Å². The molecule has 6 N–H and O–H groups in total.